The third kappa shape index (κ3) is 4.93. The third-order valence-electron chi connectivity index (χ3n) is 3.34. The SMILES string of the molecule is O=C(CCC(=O)c1ccc(Br)cc1)N[C@H]1CCS(=O)(=O)C1. The molecule has 0 radical (unpaired) electrons. The number of hydrogen-bond acceptors (Lipinski definition) is 4. The maximum Gasteiger partial charge on any atom is 0.220 e. The van der Waals surface area contributed by atoms with E-state index in [1.807, 2.05) is 0 Å². The molecule has 7 heteroatoms. The van der Waals surface area contributed by atoms with Gasteiger partial charge in [0.15, 0.2) is 15.6 Å². The maximum absolute atomic E-state index is 11.9. The second-order valence-electron chi connectivity index (χ2n) is 5.10. The first-order valence-electron chi connectivity index (χ1n) is 6.64. The Morgan fingerprint density at radius 2 is 1.86 bits per heavy atom. The maximum atomic E-state index is 11.9. The summed E-state index contributed by atoms with van der Waals surface area (Å²) in [5.41, 5.74) is 0.564. The Labute approximate surface area is 132 Å². The Balaban J connectivity index is 1.79. The molecule has 1 heterocycles. The normalized spacial score (nSPS) is 20.1. The van der Waals surface area contributed by atoms with E-state index in [1.54, 1.807) is 24.3 Å². The van der Waals surface area contributed by atoms with Gasteiger partial charge in [0.25, 0.3) is 0 Å². The molecule has 0 spiro atoms. The lowest BCUT2D eigenvalue weighted by molar-refractivity contribution is -0.121. The highest BCUT2D eigenvalue weighted by atomic mass is 79.9. The van der Waals surface area contributed by atoms with Crippen molar-refractivity contribution < 1.29 is 18.0 Å². The van der Waals surface area contributed by atoms with Crippen molar-refractivity contribution in [1.82, 2.24) is 5.32 Å². The average molecular weight is 374 g/mol. The van der Waals surface area contributed by atoms with Crippen LogP contribution in [0, 0.1) is 0 Å². The quantitative estimate of drug-likeness (QED) is 0.796. The van der Waals surface area contributed by atoms with Crippen molar-refractivity contribution in [1.29, 1.82) is 0 Å². The minimum atomic E-state index is -3.01. The van der Waals surface area contributed by atoms with E-state index in [4.69, 9.17) is 0 Å². The molecule has 0 unspecified atom stereocenters. The number of sulfone groups is 1. The molecular formula is C14H16BrNO4S. The van der Waals surface area contributed by atoms with Crippen LogP contribution >= 0.6 is 15.9 Å². The molecule has 0 bridgehead atoms. The number of benzene rings is 1. The van der Waals surface area contributed by atoms with Crippen LogP contribution in [-0.4, -0.2) is 37.7 Å². The predicted molar refractivity (Wildman–Crippen MR) is 82.9 cm³/mol. The molecule has 1 aromatic carbocycles. The number of nitrogens with one attached hydrogen (secondary N) is 1. The van der Waals surface area contributed by atoms with E-state index in [0.717, 1.165) is 4.47 Å². The van der Waals surface area contributed by atoms with Gasteiger partial charge in [-0.05, 0) is 18.6 Å². The van der Waals surface area contributed by atoms with E-state index in [-0.39, 0.29) is 42.1 Å². The van der Waals surface area contributed by atoms with E-state index in [9.17, 15) is 18.0 Å². The van der Waals surface area contributed by atoms with Crippen LogP contribution in [0.4, 0.5) is 0 Å². The molecule has 5 nitrogen and oxygen atoms in total. The van der Waals surface area contributed by atoms with Gasteiger partial charge in [-0.25, -0.2) is 8.42 Å². The van der Waals surface area contributed by atoms with Gasteiger partial charge in [0, 0.05) is 28.9 Å². The monoisotopic (exact) mass is 373 g/mol. The first-order chi connectivity index (χ1) is 9.85. The zero-order chi connectivity index (χ0) is 15.5. The Morgan fingerprint density at radius 1 is 1.19 bits per heavy atom. The average Bonchev–Trinajstić information content (AvgIpc) is 2.76. The molecule has 1 aromatic rings. The van der Waals surface area contributed by atoms with E-state index < -0.39 is 9.84 Å². The van der Waals surface area contributed by atoms with Crippen LogP contribution in [0.15, 0.2) is 28.7 Å². The molecule has 1 N–H and O–H groups in total. The second kappa shape index (κ2) is 6.70. The van der Waals surface area contributed by atoms with Gasteiger partial charge >= 0.3 is 0 Å². The molecule has 1 saturated heterocycles. The van der Waals surface area contributed by atoms with Crippen molar-refractivity contribution in [2.24, 2.45) is 0 Å². The van der Waals surface area contributed by atoms with Crippen LogP contribution < -0.4 is 5.32 Å². The lowest BCUT2D eigenvalue weighted by Gasteiger charge is -2.10. The Hall–Kier alpha value is -1.21. The molecular weight excluding hydrogens is 358 g/mol. The van der Waals surface area contributed by atoms with Gasteiger partial charge in [-0.1, -0.05) is 28.1 Å². The molecule has 1 fully saturated rings. The van der Waals surface area contributed by atoms with Crippen molar-refractivity contribution in [2.45, 2.75) is 25.3 Å². The molecule has 114 valence electrons. The van der Waals surface area contributed by atoms with Gasteiger partial charge in [-0.15, -0.1) is 0 Å². The van der Waals surface area contributed by atoms with E-state index in [0.29, 0.717) is 12.0 Å². The molecule has 1 amide bonds. The van der Waals surface area contributed by atoms with Crippen LogP contribution in [0.5, 0.6) is 0 Å². The van der Waals surface area contributed by atoms with Gasteiger partial charge in [0.2, 0.25) is 5.91 Å². The number of ketones is 1. The fourth-order valence-corrected chi connectivity index (χ4v) is 4.15. The lowest BCUT2D eigenvalue weighted by Crippen LogP contribution is -2.35. The highest BCUT2D eigenvalue weighted by Gasteiger charge is 2.28. The fraction of sp³-hybridized carbons (Fsp3) is 0.429. The number of carbonyl (C=O) groups is 2. The van der Waals surface area contributed by atoms with E-state index in [1.165, 1.54) is 0 Å². The summed E-state index contributed by atoms with van der Waals surface area (Å²) in [7, 11) is -3.01. The number of carbonyl (C=O) groups excluding carboxylic acids is 2. The molecule has 1 atom stereocenters. The highest BCUT2D eigenvalue weighted by Crippen LogP contribution is 2.14. The second-order valence-corrected chi connectivity index (χ2v) is 8.24. The summed E-state index contributed by atoms with van der Waals surface area (Å²) >= 11 is 3.29. The Bertz CT molecular complexity index is 639. The van der Waals surface area contributed by atoms with Crippen molar-refractivity contribution in [3.05, 3.63) is 34.3 Å². The minimum Gasteiger partial charge on any atom is -0.352 e. The largest absolute Gasteiger partial charge is 0.352 e. The first-order valence-corrected chi connectivity index (χ1v) is 9.26. The van der Waals surface area contributed by atoms with Crippen LogP contribution in [0.3, 0.4) is 0 Å². The van der Waals surface area contributed by atoms with Crippen LogP contribution in [0.2, 0.25) is 0 Å². The van der Waals surface area contributed by atoms with Crippen LogP contribution in [0.1, 0.15) is 29.6 Å². The number of Topliss-reactive ketones (excluding diaryl/α,β-unsaturated/α-hetero) is 1. The van der Waals surface area contributed by atoms with Crippen LogP contribution in [0.25, 0.3) is 0 Å². The molecule has 21 heavy (non-hydrogen) atoms. The fourth-order valence-electron chi connectivity index (χ4n) is 2.22. The minimum absolute atomic E-state index is 0.000597. The Kier molecular flexibility index (Phi) is 5.16. The predicted octanol–water partition coefficient (Wildman–Crippen LogP) is 1.72. The summed E-state index contributed by atoms with van der Waals surface area (Å²) in [5.74, 6) is -0.255. The molecule has 0 saturated carbocycles. The number of amides is 1. The van der Waals surface area contributed by atoms with Gasteiger partial charge in [-0.3, -0.25) is 9.59 Å². The third-order valence-corrected chi connectivity index (χ3v) is 5.64. The van der Waals surface area contributed by atoms with Gasteiger partial charge in [0.05, 0.1) is 11.5 Å². The summed E-state index contributed by atoms with van der Waals surface area (Å²) in [6.45, 7) is 0. The number of hydrogen-bond donors (Lipinski definition) is 1. The Morgan fingerprint density at radius 3 is 2.43 bits per heavy atom. The van der Waals surface area contributed by atoms with Gasteiger partial charge in [0.1, 0.15) is 0 Å². The molecule has 0 aromatic heterocycles. The van der Waals surface area contributed by atoms with Crippen molar-refractivity contribution >= 4 is 37.5 Å². The number of halogens is 1. The van der Waals surface area contributed by atoms with Crippen LogP contribution in [-0.2, 0) is 14.6 Å². The standard InChI is InChI=1S/C14H16BrNO4S/c15-11-3-1-10(2-4-11)13(17)5-6-14(18)16-12-7-8-21(19,20)9-12/h1-4,12H,5-9H2,(H,16,18)/t12-/m0/s1. The molecule has 1 aliphatic heterocycles. The topological polar surface area (TPSA) is 80.3 Å². The smallest absolute Gasteiger partial charge is 0.220 e. The van der Waals surface area contributed by atoms with Gasteiger partial charge in [-0.2, -0.15) is 0 Å². The summed E-state index contributed by atoms with van der Waals surface area (Å²) < 4.78 is 23.5. The summed E-state index contributed by atoms with van der Waals surface area (Å²) in [5, 5.41) is 2.67. The van der Waals surface area contributed by atoms with Gasteiger partial charge < -0.3 is 5.32 Å². The molecule has 0 aliphatic carbocycles. The van der Waals surface area contributed by atoms with Crippen molar-refractivity contribution in [2.75, 3.05) is 11.5 Å². The zero-order valence-electron chi connectivity index (χ0n) is 11.3. The zero-order valence-corrected chi connectivity index (χ0v) is 13.7. The van der Waals surface area contributed by atoms with E-state index >= 15 is 0 Å². The summed E-state index contributed by atoms with van der Waals surface area (Å²) in [6, 6.07) is 6.64. The van der Waals surface area contributed by atoms with Crippen molar-refractivity contribution in [3.8, 4) is 0 Å². The first kappa shape index (κ1) is 16.2. The lowest BCUT2D eigenvalue weighted by atomic mass is 10.1. The highest BCUT2D eigenvalue weighted by molar-refractivity contribution is 9.10. The number of rotatable bonds is 5. The molecule has 2 rings (SSSR count). The summed E-state index contributed by atoms with van der Waals surface area (Å²) in [6.07, 6.45) is 0.646. The van der Waals surface area contributed by atoms with E-state index in [2.05, 4.69) is 21.2 Å². The van der Waals surface area contributed by atoms with Crippen molar-refractivity contribution in [3.63, 3.8) is 0 Å². The summed E-state index contributed by atoms with van der Waals surface area (Å²) in [4.78, 5) is 23.6. The molecule has 1 aliphatic rings.